The molecule has 4 nitrogen and oxygen atoms in total. The second kappa shape index (κ2) is 6.12. The SMILES string of the molecule is C/C(=N/N=c1\c2ccccc2c(Cl)nn1C)c1ccccc1. The Morgan fingerprint density at radius 3 is 2.36 bits per heavy atom. The average Bonchev–Trinajstić information content (AvgIpc) is 2.55. The molecule has 0 radical (unpaired) electrons. The van der Waals surface area contributed by atoms with E-state index in [1.165, 1.54) is 0 Å². The lowest BCUT2D eigenvalue weighted by molar-refractivity contribution is 0.696. The molecule has 0 fully saturated rings. The van der Waals surface area contributed by atoms with Gasteiger partial charge in [0.15, 0.2) is 10.6 Å². The van der Waals surface area contributed by atoms with Crippen molar-refractivity contribution in [3.05, 3.63) is 70.8 Å². The Kier molecular flexibility index (Phi) is 4.02. The zero-order valence-corrected chi connectivity index (χ0v) is 13.1. The first-order valence-corrected chi connectivity index (χ1v) is 7.30. The smallest absolute Gasteiger partial charge is 0.179 e. The van der Waals surface area contributed by atoms with Crippen LogP contribution in [0.2, 0.25) is 5.15 Å². The molecule has 0 bridgehead atoms. The maximum Gasteiger partial charge on any atom is 0.179 e. The summed E-state index contributed by atoms with van der Waals surface area (Å²) in [6.07, 6.45) is 0. The molecule has 1 heterocycles. The molecule has 3 aromatic rings. The summed E-state index contributed by atoms with van der Waals surface area (Å²) in [6.45, 7) is 1.93. The second-order valence-corrected chi connectivity index (χ2v) is 5.29. The van der Waals surface area contributed by atoms with Gasteiger partial charge in [0.2, 0.25) is 0 Å². The molecule has 0 unspecified atom stereocenters. The number of aromatic nitrogens is 2. The minimum absolute atomic E-state index is 0.459. The Morgan fingerprint density at radius 1 is 1.00 bits per heavy atom. The summed E-state index contributed by atoms with van der Waals surface area (Å²) in [7, 11) is 1.81. The topological polar surface area (TPSA) is 42.5 Å². The highest BCUT2D eigenvalue weighted by Crippen LogP contribution is 2.17. The molecular formula is C17H15ClN4. The molecule has 22 heavy (non-hydrogen) atoms. The minimum atomic E-state index is 0.459. The molecule has 3 rings (SSSR count). The van der Waals surface area contributed by atoms with E-state index in [0.29, 0.717) is 10.6 Å². The first-order chi connectivity index (χ1) is 10.7. The van der Waals surface area contributed by atoms with Gasteiger partial charge in [-0.25, -0.2) is 4.68 Å². The van der Waals surface area contributed by atoms with Crippen LogP contribution in [0.1, 0.15) is 12.5 Å². The van der Waals surface area contributed by atoms with Gasteiger partial charge in [-0.05, 0) is 12.5 Å². The van der Waals surface area contributed by atoms with Gasteiger partial charge in [0.1, 0.15) is 0 Å². The zero-order valence-electron chi connectivity index (χ0n) is 12.4. The molecule has 0 saturated carbocycles. The van der Waals surface area contributed by atoms with Crippen molar-refractivity contribution >= 4 is 28.1 Å². The van der Waals surface area contributed by atoms with Gasteiger partial charge in [-0.1, -0.05) is 66.2 Å². The molecule has 0 aliphatic heterocycles. The number of rotatable bonds is 2. The fourth-order valence-corrected chi connectivity index (χ4v) is 2.52. The van der Waals surface area contributed by atoms with E-state index in [-0.39, 0.29) is 0 Å². The van der Waals surface area contributed by atoms with Crippen LogP contribution < -0.4 is 5.49 Å². The Bertz CT molecular complexity index is 911. The van der Waals surface area contributed by atoms with Crippen molar-refractivity contribution in [1.29, 1.82) is 0 Å². The molecule has 0 saturated heterocycles. The molecule has 0 spiro atoms. The first-order valence-electron chi connectivity index (χ1n) is 6.92. The van der Waals surface area contributed by atoms with Crippen molar-refractivity contribution in [3.63, 3.8) is 0 Å². The van der Waals surface area contributed by atoms with Gasteiger partial charge in [-0.3, -0.25) is 0 Å². The highest BCUT2D eigenvalue weighted by atomic mass is 35.5. The van der Waals surface area contributed by atoms with Crippen molar-refractivity contribution in [3.8, 4) is 0 Å². The van der Waals surface area contributed by atoms with Crippen LogP contribution in [0.15, 0.2) is 64.8 Å². The molecule has 5 heteroatoms. The Morgan fingerprint density at radius 2 is 1.64 bits per heavy atom. The van der Waals surface area contributed by atoms with Gasteiger partial charge in [0, 0.05) is 17.8 Å². The van der Waals surface area contributed by atoms with Gasteiger partial charge in [-0.2, -0.15) is 10.2 Å². The normalized spacial score (nSPS) is 12.9. The molecular weight excluding hydrogens is 296 g/mol. The molecule has 2 aromatic carbocycles. The third-order valence-corrected chi connectivity index (χ3v) is 3.70. The number of halogens is 1. The predicted molar refractivity (Wildman–Crippen MR) is 89.9 cm³/mol. The molecule has 0 N–H and O–H groups in total. The third-order valence-electron chi connectivity index (χ3n) is 3.42. The lowest BCUT2D eigenvalue weighted by atomic mass is 10.1. The van der Waals surface area contributed by atoms with Crippen molar-refractivity contribution in [2.24, 2.45) is 17.3 Å². The summed E-state index contributed by atoms with van der Waals surface area (Å²) in [6, 6.07) is 17.7. The van der Waals surface area contributed by atoms with E-state index in [1.807, 2.05) is 68.6 Å². The van der Waals surface area contributed by atoms with Crippen molar-refractivity contribution in [1.82, 2.24) is 9.78 Å². The molecule has 0 amide bonds. The summed E-state index contributed by atoms with van der Waals surface area (Å²) in [5, 5.41) is 15.2. The zero-order chi connectivity index (χ0) is 15.5. The number of hydrogen-bond acceptors (Lipinski definition) is 3. The van der Waals surface area contributed by atoms with E-state index in [0.717, 1.165) is 22.0 Å². The van der Waals surface area contributed by atoms with Crippen molar-refractivity contribution in [2.75, 3.05) is 0 Å². The molecule has 110 valence electrons. The van der Waals surface area contributed by atoms with E-state index in [2.05, 4.69) is 15.3 Å². The van der Waals surface area contributed by atoms with E-state index in [9.17, 15) is 0 Å². The van der Waals surface area contributed by atoms with E-state index >= 15 is 0 Å². The first kappa shape index (κ1) is 14.5. The van der Waals surface area contributed by atoms with Gasteiger partial charge in [-0.15, -0.1) is 5.10 Å². The van der Waals surface area contributed by atoms with Gasteiger partial charge in [0.25, 0.3) is 0 Å². The van der Waals surface area contributed by atoms with Gasteiger partial charge in [0.05, 0.1) is 5.71 Å². The number of nitrogens with zero attached hydrogens (tertiary/aromatic N) is 4. The molecule has 0 atom stereocenters. The summed E-state index contributed by atoms with van der Waals surface area (Å²) >= 11 is 6.18. The molecule has 0 aliphatic carbocycles. The highest BCUT2D eigenvalue weighted by molar-refractivity contribution is 6.34. The predicted octanol–water partition coefficient (Wildman–Crippen LogP) is 3.55. The third kappa shape index (κ3) is 2.78. The standard InChI is InChI=1S/C17H15ClN4/c1-12(13-8-4-3-5-9-13)19-20-17-15-11-7-6-10-14(15)16(18)21-22(17)2/h3-11H,1-2H3/b19-12-,20-17+. The number of fused-ring (bicyclic) bond motifs is 1. The van der Waals surface area contributed by atoms with Crippen LogP contribution in [0, 0.1) is 0 Å². The fourth-order valence-electron chi connectivity index (χ4n) is 2.24. The van der Waals surface area contributed by atoms with E-state index in [1.54, 1.807) is 4.68 Å². The lowest BCUT2D eigenvalue weighted by Gasteiger charge is -2.04. The van der Waals surface area contributed by atoms with Crippen LogP contribution in [0.4, 0.5) is 0 Å². The average molecular weight is 311 g/mol. The second-order valence-electron chi connectivity index (χ2n) is 4.94. The summed E-state index contributed by atoms with van der Waals surface area (Å²) in [5.41, 5.74) is 2.56. The Labute approximate surface area is 133 Å². The summed E-state index contributed by atoms with van der Waals surface area (Å²) < 4.78 is 1.65. The van der Waals surface area contributed by atoms with E-state index in [4.69, 9.17) is 11.6 Å². The summed E-state index contributed by atoms with van der Waals surface area (Å²) in [5.74, 6) is 0. The van der Waals surface area contributed by atoms with Crippen LogP contribution in [-0.2, 0) is 7.05 Å². The molecule has 1 aromatic heterocycles. The van der Waals surface area contributed by atoms with Crippen molar-refractivity contribution < 1.29 is 0 Å². The maximum absolute atomic E-state index is 6.18. The van der Waals surface area contributed by atoms with Crippen LogP contribution >= 0.6 is 11.6 Å². The lowest BCUT2D eigenvalue weighted by Crippen LogP contribution is -2.21. The fraction of sp³-hybridized carbons (Fsp3) is 0.118. The van der Waals surface area contributed by atoms with Crippen LogP contribution in [-0.4, -0.2) is 15.5 Å². The van der Waals surface area contributed by atoms with Crippen LogP contribution in [0.3, 0.4) is 0 Å². The van der Waals surface area contributed by atoms with Crippen LogP contribution in [0.25, 0.3) is 10.8 Å². The van der Waals surface area contributed by atoms with E-state index < -0.39 is 0 Å². The highest BCUT2D eigenvalue weighted by Gasteiger charge is 2.04. The minimum Gasteiger partial charge on any atom is -0.248 e. The number of hydrogen-bond donors (Lipinski definition) is 0. The number of benzene rings is 2. The Balaban J connectivity index is 2.18. The Hall–Kier alpha value is -2.46. The van der Waals surface area contributed by atoms with Crippen molar-refractivity contribution in [2.45, 2.75) is 6.92 Å². The van der Waals surface area contributed by atoms with Gasteiger partial charge >= 0.3 is 0 Å². The maximum atomic E-state index is 6.18. The monoisotopic (exact) mass is 310 g/mol. The summed E-state index contributed by atoms with van der Waals surface area (Å²) in [4.78, 5) is 0. The van der Waals surface area contributed by atoms with Gasteiger partial charge < -0.3 is 0 Å². The van der Waals surface area contributed by atoms with Crippen LogP contribution in [0.5, 0.6) is 0 Å². The number of aryl methyl sites for hydroxylation is 1. The molecule has 0 aliphatic rings. The quantitative estimate of drug-likeness (QED) is 0.527. The largest absolute Gasteiger partial charge is 0.248 e.